The summed E-state index contributed by atoms with van der Waals surface area (Å²) in [6.07, 6.45) is 1.67. The molecule has 6 nitrogen and oxygen atoms in total. The summed E-state index contributed by atoms with van der Waals surface area (Å²) < 4.78 is 36.9. The Morgan fingerprint density at radius 1 is 1.45 bits per heavy atom. The maximum absolute atomic E-state index is 12.3. The summed E-state index contributed by atoms with van der Waals surface area (Å²) in [5, 5.41) is 0. The monoisotopic (exact) mass is 299 g/mol. The topological polar surface area (TPSA) is 81.7 Å². The van der Waals surface area contributed by atoms with Gasteiger partial charge >= 0.3 is 5.97 Å². The average Bonchev–Trinajstić information content (AvgIpc) is 2.98. The first-order valence-electron chi connectivity index (χ1n) is 6.33. The van der Waals surface area contributed by atoms with E-state index in [-0.39, 0.29) is 23.1 Å². The van der Waals surface area contributed by atoms with Crippen molar-refractivity contribution in [3.8, 4) is 0 Å². The van der Waals surface area contributed by atoms with E-state index in [4.69, 9.17) is 4.74 Å². The summed E-state index contributed by atoms with van der Waals surface area (Å²) >= 11 is 0. The molecular formula is C13H17NO5S. The van der Waals surface area contributed by atoms with Gasteiger partial charge < -0.3 is 9.47 Å². The lowest BCUT2D eigenvalue weighted by molar-refractivity contribution is 0.0596. The molecule has 1 aromatic rings. The lowest BCUT2D eigenvalue weighted by atomic mass is 10.2. The van der Waals surface area contributed by atoms with Crippen molar-refractivity contribution in [3.05, 3.63) is 29.8 Å². The fraction of sp³-hybridized carbons (Fsp3) is 0.462. The Labute approximate surface area is 118 Å². The van der Waals surface area contributed by atoms with Crippen LogP contribution in [0.5, 0.6) is 0 Å². The number of sulfonamides is 1. The van der Waals surface area contributed by atoms with E-state index in [1.54, 1.807) is 12.1 Å². The van der Waals surface area contributed by atoms with E-state index in [0.717, 1.165) is 12.8 Å². The van der Waals surface area contributed by atoms with Gasteiger partial charge in [-0.3, -0.25) is 0 Å². The number of rotatable bonds is 5. The van der Waals surface area contributed by atoms with Gasteiger partial charge in [0.25, 0.3) is 0 Å². The molecule has 1 unspecified atom stereocenters. The Morgan fingerprint density at radius 3 is 2.85 bits per heavy atom. The highest BCUT2D eigenvalue weighted by Gasteiger charge is 2.24. The summed E-state index contributed by atoms with van der Waals surface area (Å²) in [7, 11) is -2.55. The molecule has 0 radical (unpaired) electrons. The van der Waals surface area contributed by atoms with Crippen LogP contribution in [0, 0.1) is 0 Å². The van der Waals surface area contributed by atoms with E-state index in [9.17, 15) is 13.2 Å². The molecule has 110 valence electrons. The highest BCUT2D eigenvalue weighted by atomic mass is 32.2. The summed E-state index contributed by atoms with van der Waals surface area (Å²) in [5.74, 6) is -0.678. The molecule has 0 amide bonds. The van der Waals surface area contributed by atoms with Crippen molar-refractivity contribution in [2.24, 2.45) is 0 Å². The first kappa shape index (κ1) is 15.0. The molecular weight excluding hydrogens is 282 g/mol. The van der Waals surface area contributed by atoms with Gasteiger partial charge in [0.05, 0.1) is 23.7 Å². The number of methoxy groups -OCH3 is 1. The molecule has 1 aromatic carbocycles. The highest BCUT2D eigenvalue weighted by molar-refractivity contribution is 7.89. The van der Waals surface area contributed by atoms with Crippen LogP contribution in [-0.4, -0.2) is 40.8 Å². The molecule has 1 heterocycles. The zero-order valence-electron chi connectivity index (χ0n) is 11.2. The predicted molar refractivity (Wildman–Crippen MR) is 71.9 cm³/mol. The van der Waals surface area contributed by atoms with E-state index >= 15 is 0 Å². The van der Waals surface area contributed by atoms with Crippen molar-refractivity contribution in [1.82, 2.24) is 4.72 Å². The van der Waals surface area contributed by atoms with Gasteiger partial charge in [-0.15, -0.1) is 0 Å². The molecule has 1 saturated heterocycles. The largest absolute Gasteiger partial charge is 0.465 e. The van der Waals surface area contributed by atoms with Crippen LogP contribution in [0.4, 0.5) is 0 Å². The molecule has 0 bridgehead atoms. The minimum absolute atomic E-state index is 0.0230. The first-order valence-corrected chi connectivity index (χ1v) is 7.81. The molecule has 1 fully saturated rings. The summed E-state index contributed by atoms with van der Waals surface area (Å²) in [6, 6.07) is 5.95. The second-order valence-electron chi connectivity index (χ2n) is 4.47. The van der Waals surface area contributed by atoms with Crippen LogP contribution in [0.1, 0.15) is 23.2 Å². The van der Waals surface area contributed by atoms with Gasteiger partial charge in [0.15, 0.2) is 0 Å². The summed E-state index contributed by atoms with van der Waals surface area (Å²) in [6.45, 7) is 0.864. The zero-order valence-corrected chi connectivity index (χ0v) is 12.0. The quantitative estimate of drug-likeness (QED) is 0.818. The summed E-state index contributed by atoms with van der Waals surface area (Å²) in [4.78, 5) is 11.5. The Bertz CT molecular complexity index is 578. The van der Waals surface area contributed by atoms with Crippen LogP contribution in [0.25, 0.3) is 0 Å². The Kier molecular flexibility index (Phi) is 4.74. The minimum Gasteiger partial charge on any atom is -0.465 e. The Morgan fingerprint density at radius 2 is 2.20 bits per heavy atom. The molecule has 7 heteroatoms. The molecule has 20 heavy (non-hydrogen) atoms. The molecule has 0 aliphatic carbocycles. The van der Waals surface area contributed by atoms with Crippen molar-refractivity contribution < 1.29 is 22.7 Å². The van der Waals surface area contributed by atoms with Crippen LogP contribution < -0.4 is 4.72 Å². The highest BCUT2D eigenvalue weighted by Crippen LogP contribution is 2.17. The number of hydrogen-bond donors (Lipinski definition) is 1. The second-order valence-corrected chi connectivity index (χ2v) is 6.21. The van der Waals surface area contributed by atoms with Crippen molar-refractivity contribution in [2.75, 3.05) is 20.3 Å². The van der Waals surface area contributed by atoms with Crippen LogP contribution >= 0.6 is 0 Å². The molecule has 1 aliphatic rings. The molecule has 0 spiro atoms. The van der Waals surface area contributed by atoms with E-state index in [1.165, 1.54) is 19.2 Å². The van der Waals surface area contributed by atoms with Crippen molar-refractivity contribution >= 4 is 16.0 Å². The van der Waals surface area contributed by atoms with Gasteiger partial charge in [0.2, 0.25) is 10.0 Å². The number of nitrogens with one attached hydrogen (secondary N) is 1. The molecule has 2 rings (SSSR count). The fourth-order valence-electron chi connectivity index (χ4n) is 2.07. The van der Waals surface area contributed by atoms with Crippen LogP contribution in [-0.2, 0) is 19.5 Å². The third kappa shape index (κ3) is 3.36. The zero-order chi connectivity index (χ0) is 14.6. The van der Waals surface area contributed by atoms with E-state index in [0.29, 0.717) is 6.61 Å². The van der Waals surface area contributed by atoms with Gasteiger partial charge in [0, 0.05) is 13.2 Å². The minimum atomic E-state index is -3.76. The number of esters is 1. The number of carbonyl (C=O) groups excluding carboxylic acids is 1. The number of carbonyl (C=O) groups is 1. The van der Waals surface area contributed by atoms with E-state index in [1.807, 2.05) is 0 Å². The number of hydrogen-bond acceptors (Lipinski definition) is 5. The molecule has 0 saturated carbocycles. The van der Waals surface area contributed by atoms with Crippen LogP contribution in [0.15, 0.2) is 29.2 Å². The maximum Gasteiger partial charge on any atom is 0.339 e. The van der Waals surface area contributed by atoms with Gasteiger partial charge in [-0.05, 0) is 25.0 Å². The van der Waals surface area contributed by atoms with Gasteiger partial charge in [-0.2, -0.15) is 0 Å². The molecule has 1 aliphatic heterocycles. The predicted octanol–water partition coefficient (Wildman–Crippen LogP) is 0.931. The third-order valence-electron chi connectivity index (χ3n) is 3.11. The molecule has 1 N–H and O–H groups in total. The fourth-order valence-corrected chi connectivity index (χ4v) is 3.32. The first-order chi connectivity index (χ1) is 9.54. The SMILES string of the molecule is COC(=O)c1ccccc1S(=O)(=O)NCC1CCCO1. The van der Waals surface area contributed by atoms with Gasteiger partial charge in [-0.25, -0.2) is 17.9 Å². The van der Waals surface area contributed by atoms with E-state index < -0.39 is 16.0 Å². The van der Waals surface area contributed by atoms with E-state index in [2.05, 4.69) is 9.46 Å². The maximum atomic E-state index is 12.3. The van der Waals surface area contributed by atoms with Crippen molar-refractivity contribution in [1.29, 1.82) is 0 Å². The van der Waals surface area contributed by atoms with Gasteiger partial charge in [0.1, 0.15) is 0 Å². The van der Waals surface area contributed by atoms with Crippen molar-refractivity contribution in [2.45, 2.75) is 23.8 Å². The van der Waals surface area contributed by atoms with Crippen LogP contribution in [0.2, 0.25) is 0 Å². The van der Waals surface area contributed by atoms with Crippen molar-refractivity contribution in [3.63, 3.8) is 0 Å². The lowest BCUT2D eigenvalue weighted by Gasteiger charge is -2.13. The normalized spacial score (nSPS) is 18.9. The molecule has 1 atom stereocenters. The Hall–Kier alpha value is -1.44. The van der Waals surface area contributed by atoms with Gasteiger partial charge in [-0.1, -0.05) is 12.1 Å². The molecule has 0 aromatic heterocycles. The number of benzene rings is 1. The average molecular weight is 299 g/mol. The standard InChI is InChI=1S/C13H17NO5S/c1-18-13(15)11-6-2-3-7-12(11)20(16,17)14-9-10-5-4-8-19-10/h2-3,6-7,10,14H,4-5,8-9H2,1H3. The lowest BCUT2D eigenvalue weighted by Crippen LogP contribution is -2.32. The van der Waals surface area contributed by atoms with Crippen LogP contribution in [0.3, 0.4) is 0 Å². The summed E-state index contributed by atoms with van der Waals surface area (Å²) in [5.41, 5.74) is 0.0230. The number of ether oxygens (including phenoxy) is 2. The smallest absolute Gasteiger partial charge is 0.339 e. The Balaban J connectivity index is 2.18. The second kappa shape index (κ2) is 6.34. The third-order valence-corrected chi connectivity index (χ3v) is 4.59.